The predicted molar refractivity (Wildman–Crippen MR) is 43.8 cm³/mol. The molecule has 62 valence electrons. The second kappa shape index (κ2) is 2.75. The SMILES string of the molecule is O=Cc1cc2c(c(Cl)n1)OCC2. The van der Waals surface area contributed by atoms with E-state index in [0.717, 1.165) is 12.0 Å². The summed E-state index contributed by atoms with van der Waals surface area (Å²) in [5.74, 6) is 0.627. The fraction of sp³-hybridized carbons (Fsp3) is 0.250. The summed E-state index contributed by atoms with van der Waals surface area (Å²) < 4.78 is 5.22. The van der Waals surface area contributed by atoms with E-state index in [9.17, 15) is 4.79 Å². The number of ether oxygens (including phenoxy) is 1. The summed E-state index contributed by atoms with van der Waals surface area (Å²) in [5.41, 5.74) is 1.33. The lowest BCUT2D eigenvalue weighted by Crippen LogP contribution is -1.90. The topological polar surface area (TPSA) is 39.2 Å². The number of hydrogen-bond donors (Lipinski definition) is 0. The summed E-state index contributed by atoms with van der Waals surface area (Å²) >= 11 is 5.76. The first kappa shape index (κ1) is 7.55. The highest BCUT2D eigenvalue weighted by Crippen LogP contribution is 2.31. The van der Waals surface area contributed by atoms with Crippen molar-refractivity contribution >= 4 is 17.9 Å². The van der Waals surface area contributed by atoms with Gasteiger partial charge in [-0.05, 0) is 6.07 Å². The zero-order chi connectivity index (χ0) is 8.55. The minimum absolute atomic E-state index is 0.284. The molecule has 12 heavy (non-hydrogen) atoms. The van der Waals surface area contributed by atoms with Crippen LogP contribution in [0.3, 0.4) is 0 Å². The van der Waals surface area contributed by atoms with Crippen molar-refractivity contribution in [1.82, 2.24) is 4.98 Å². The summed E-state index contributed by atoms with van der Waals surface area (Å²) in [6.45, 7) is 0.624. The van der Waals surface area contributed by atoms with Crippen LogP contribution < -0.4 is 4.74 Å². The van der Waals surface area contributed by atoms with E-state index in [0.29, 0.717) is 24.3 Å². The van der Waals surface area contributed by atoms with E-state index in [1.54, 1.807) is 6.07 Å². The third-order valence-electron chi connectivity index (χ3n) is 1.77. The maximum atomic E-state index is 10.4. The van der Waals surface area contributed by atoms with E-state index in [-0.39, 0.29) is 5.15 Å². The molecule has 3 nitrogen and oxygen atoms in total. The quantitative estimate of drug-likeness (QED) is 0.489. The minimum atomic E-state index is 0.284. The number of carbonyl (C=O) groups is 1. The average molecular weight is 184 g/mol. The Morgan fingerprint density at radius 1 is 1.67 bits per heavy atom. The van der Waals surface area contributed by atoms with Gasteiger partial charge in [-0.15, -0.1) is 0 Å². The Morgan fingerprint density at radius 2 is 2.50 bits per heavy atom. The number of pyridine rings is 1. The zero-order valence-electron chi connectivity index (χ0n) is 6.21. The van der Waals surface area contributed by atoms with Crippen molar-refractivity contribution in [2.24, 2.45) is 0 Å². The number of fused-ring (bicyclic) bond motifs is 1. The average Bonchev–Trinajstić information content (AvgIpc) is 2.52. The smallest absolute Gasteiger partial charge is 0.172 e. The normalized spacial score (nSPS) is 13.8. The van der Waals surface area contributed by atoms with E-state index in [4.69, 9.17) is 16.3 Å². The highest BCUT2D eigenvalue weighted by Gasteiger charge is 2.17. The molecule has 0 bridgehead atoms. The molecule has 0 N–H and O–H groups in total. The summed E-state index contributed by atoms with van der Waals surface area (Å²) in [4.78, 5) is 14.2. The zero-order valence-corrected chi connectivity index (χ0v) is 6.97. The van der Waals surface area contributed by atoms with Gasteiger partial charge in [-0.25, -0.2) is 4.98 Å². The highest BCUT2D eigenvalue weighted by atomic mass is 35.5. The Hall–Kier alpha value is -1.09. The van der Waals surface area contributed by atoms with Gasteiger partial charge in [-0.3, -0.25) is 4.79 Å². The van der Waals surface area contributed by atoms with E-state index >= 15 is 0 Å². The maximum absolute atomic E-state index is 10.4. The van der Waals surface area contributed by atoms with E-state index < -0.39 is 0 Å². The number of rotatable bonds is 1. The second-order valence-electron chi connectivity index (χ2n) is 2.54. The minimum Gasteiger partial charge on any atom is -0.490 e. The standard InChI is InChI=1S/C8H6ClNO2/c9-8-7-5(1-2-12-7)3-6(4-11)10-8/h3-4H,1-2H2. The van der Waals surface area contributed by atoms with Crippen LogP contribution in [0.5, 0.6) is 5.75 Å². The van der Waals surface area contributed by atoms with E-state index in [1.165, 1.54) is 0 Å². The van der Waals surface area contributed by atoms with Crippen LogP contribution in [0, 0.1) is 0 Å². The van der Waals surface area contributed by atoms with Crippen molar-refractivity contribution in [3.63, 3.8) is 0 Å². The summed E-state index contributed by atoms with van der Waals surface area (Å²) in [6.07, 6.45) is 1.49. The maximum Gasteiger partial charge on any atom is 0.172 e. The van der Waals surface area contributed by atoms with Crippen molar-refractivity contribution < 1.29 is 9.53 Å². The van der Waals surface area contributed by atoms with Crippen LogP contribution >= 0.6 is 11.6 Å². The van der Waals surface area contributed by atoms with Gasteiger partial charge in [0.2, 0.25) is 0 Å². The van der Waals surface area contributed by atoms with Crippen molar-refractivity contribution in [2.75, 3.05) is 6.61 Å². The van der Waals surface area contributed by atoms with Crippen LogP contribution in [0.4, 0.5) is 0 Å². The molecule has 0 aromatic carbocycles. The largest absolute Gasteiger partial charge is 0.490 e. The highest BCUT2D eigenvalue weighted by molar-refractivity contribution is 6.31. The monoisotopic (exact) mass is 183 g/mol. The lowest BCUT2D eigenvalue weighted by atomic mass is 10.2. The number of aldehydes is 1. The number of nitrogens with zero attached hydrogens (tertiary/aromatic N) is 1. The van der Waals surface area contributed by atoms with Crippen LogP contribution in [0.15, 0.2) is 6.07 Å². The molecule has 1 aromatic heterocycles. The Morgan fingerprint density at radius 3 is 3.25 bits per heavy atom. The summed E-state index contributed by atoms with van der Waals surface area (Å²) in [7, 11) is 0. The molecule has 0 fully saturated rings. The Bertz CT molecular complexity index is 338. The molecule has 1 aliphatic heterocycles. The van der Waals surface area contributed by atoms with Crippen LogP contribution in [-0.2, 0) is 6.42 Å². The molecular formula is C8H6ClNO2. The van der Waals surface area contributed by atoms with Gasteiger partial charge >= 0.3 is 0 Å². The molecular weight excluding hydrogens is 178 g/mol. The van der Waals surface area contributed by atoms with Crippen molar-refractivity contribution in [2.45, 2.75) is 6.42 Å². The molecule has 1 aliphatic rings. The van der Waals surface area contributed by atoms with Crippen LogP contribution in [0.25, 0.3) is 0 Å². The van der Waals surface area contributed by atoms with Gasteiger partial charge in [0, 0.05) is 12.0 Å². The Kier molecular flexibility index (Phi) is 1.73. The van der Waals surface area contributed by atoms with Crippen molar-refractivity contribution in [1.29, 1.82) is 0 Å². The van der Waals surface area contributed by atoms with Crippen LogP contribution in [0.1, 0.15) is 16.1 Å². The lowest BCUT2D eigenvalue weighted by molar-refractivity contribution is 0.111. The van der Waals surface area contributed by atoms with Crippen molar-refractivity contribution in [3.8, 4) is 5.75 Å². The van der Waals surface area contributed by atoms with Gasteiger partial charge in [0.1, 0.15) is 5.69 Å². The first-order valence-corrected chi connectivity index (χ1v) is 3.96. The first-order chi connectivity index (χ1) is 5.81. The van der Waals surface area contributed by atoms with Crippen molar-refractivity contribution in [3.05, 3.63) is 22.5 Å². The number of hydrogen-bond acceptors (Lipinski definition) is 3. The fourth-order valence-electron chi connectivity index (χ4n) is 1.23. The first-order valence-electron chi connectivity index (χ1n) is 3.58. The molecule has 0 atom stereocenters. The van der Waals surface area contributed by atoms with Crippen LogP contribution in [0.2, 0.25) is 5.15 Å². The summed E-state index contributed by atoms with van der Waals surface area (Å²) in [5, 5.41) is 0.284. The van der Waals surface area contributed by atoms with Gasteiger partial charge < -0.3 is 4.74 Å². The molecule has 0 saturated heterocycles. The lowest BCUT2D eigenvalue weighted by Gasteiger charge is -2.00. The molecule has 2 heterocycles. The Labute approximate surface area is 74.3 Å². The molecule has 4 heteroatoms. The molecule has 0 aliphatic carbocycles. The Balaban J connectivity index is 2.58. The number of aromatic nitrogens is 1. The van der Waals surface area contributed by atoms with Gasteiger partial charge in [0.15, 0.2) is 17.2 Å². The molecule has 0 saturated carbocycles. The third-order valence-corrected chi connectivity index (χ3v) is 2.02. The van der Waals surface area contributed by atoms with Gasteiger partial charge in [-0.1, -0.05) is 11.6 Å². The summed E-state index contributed by atoms with van der Waals surface area (Å²) in [6, 6.07) is 1.71. The molecule has 0 amide bonds. The van der Waals surface area contributed by atoms with Gasteiger partial charge in [0.05, 0.1) is 6.61 Å². The number of halogens is 1. The second-order valence-corrected chi connectivity index (χ2v) is 2.90. The van der Waals surface area contributed by atoms with Gasteiger partial charge in [-0.2, -0.15) is 0 Å². The molecule has 2 rings (SSSR count). The molecule has 1 aromatic rings. The van der Waals surface area contributed by atoms with Gasteiger partial charge in [0.25, 0.3) is 0 Å². The molecule has 0 radical (unpaired) electrons. The predicted octanol–water partition coefficient (Wildman–Crippen LogP) is 1.48. The molecule has 0 spiro atoms. The van der Waals surface area contributed by atoms with E-state index in [2.05, 4.69) is 4.98 Å². The molecule has 0 unspecified atom stereocenters. The van der Waals surface area contributed by atoms with Crippen LogP contribution in [-0.4, -0.2) is 17.9 Å². The third kappa shape index (κ3) is 1.06. The van der Waals surface area contributed by atoms with E-state index in [1.807, 2.05) is 0 Å². The fourth-order valence-corrected chi connectivity index (χ4v) is 1.51. The number of carbonyl (C=O) groups excluding carboxylic acids is 1.